The van der Waals surface area contributed by atoms with E-state index in [2.05, 4.69) is 10.3 Å². The molecule has 4 rings (SSSR count). The van der Waals surface area contributed by atoms with Gasteiger partial charge in [0.25, 0.3) is 11.9 Å². The molecule has 2 aromatic rings. The molecule has 0 bridgehead atoms. The van der Waals surface area contributed by atoms with Gasteiger partial charge in [0.2, 0.25) is 0 Å². The van der Waals surface area contributed by atoms with Gasteiger partial charge in [-0.15, -0.1) is 0 Å². The number of benzene rings is 1. The van der Waals surface area contributed by atoms with Crippen LogP contribution in [0.25, 0.3) is 0 Å². The summed E-state index contributed by atoms with van der Waals surface area (Å²) in [5.74, 6) is -4.26. The van der Waals surface area contributed by atoms with Gasteiger partial charge < -0.3 is 19.4 Å². The van der Waals surface area contributed by atoms with Gasteiger partial charge >= 0.3 is 6.18 Å². The van der Waals surface area contributed by atoms with Crippen molar-refractivity contribution in [1.82, 2.24) is 4.98 Å². The molecule has 2 heterocycles. The quantitative estimate of drug-likeness (QED) is 0.552. The molecule has 2 fully saturated rings. The number of nitrogens with one attached hydrogen (secondary N) is 1. The normalized spacial score (nSPS) is 17.4. The number of amides is 1. The van der Waals surface area contributed by atoms with Crippen LogP contribution in [0.2, 0.25) is 0 Å². The fourth-order valence-corrected chi connectivity index (χ4v) is 4.15. The van der Waals surface area contributed by atoms with Gasteiger partial charge in [-0.1, -0.05) is 6.42 Å². The highest BCUT2D eigenvalue weighted by Gasteiger charge is 2.35. The molecular weight excluding hydrogens is 449 g/mol. The Labute approximate surface area is 187 Å². The van der Waals surface area contributed by atoms with Gasteiger partial charge in [0, 0.05) is 30.9 Å². The van der Waals surface area contributed by atoms with Crippen LogP contribution in [0.1, 0.15) is 61.2 Å². The maximum absolute atomic E-state index is 14.5. The van der Waals surface area contributed by atoms with E-state index in [0.717, 1.165) is 44.2 Å². The number of carbonyl (C=O) groups excluding carboxylic acids is 1. The van der Waals surface area contributed by atoms with Crippen LogP contribution in [0.15, 0.2) is 16.5 Å². The van der Waals surface area contributed by atoms with Gasteiger partial charge in [0.05, 0.1) is 6.10 Å². The van der Waals surface area contributed by atoms with Crippen molar-refractivity contribution in [2.24, 2.45) is 0 Å². The summed E-state index contributed by atoms with van der Waals surface area (Å²) in [6, 6.07) is 1.65. The second-order valence-corrected chi connectivity index (χ2v) is 8.36. The zero-order valence-corrected chi connectivity index (χ0v) is 17.8. The Morgan fingerprint density at radius 1 is 1.09 bits per heavy atom. The molecule has 33 heavy (non-hydrogen) atoms. The number of hydrogen-bond acceptors (Lipinski definition) is 5. The number of aromatic nitrogens is 1. The summed E-state index contributed by atoms with van der Waals surface area (Å²) >= 11 is 0. The van der Waals surface area contributed by atoms with Crippen LogP contribution >= 0.6 is 0 Å². The van der Waals surface area contributed by atoms with Crippen molar-refractivity contribution in [3.63, 3.8) is 0 Å². The summed E-state index contributed by atoms with van der Waals surface area (Å²) in [5.41, 5.74) is -0.841. The largest absolute Gasteiger partial charge is 0.484 e. The summed E-state index contributed by atoms with van der Waals surface area (Å²) in [4.78, 5) is 18.3. The molecule has 1 aliphatic carbocycles. The lowest BCUT2D eigenvalue weighted by Gasteiger charge is -2.23. The molecule has 1 aromatic carbocycles. The van der Waals surface area contributed by atoms with Gasteiger partial charge in [-0.2, -0.15) is 18.2 Å². The van der Waals surface area contributed by atoms with Crippen molar-refractivity contribution >= 4 is 17.6 Å². The molecule has 180 valence electrons. The van der Waals surface area contributed by atoms with Crippen molar-refractivity contribution in [3.05, 3.63) is 35.2 Å². The molecule has 1 aliphatic heterocycles. The predicted molar refractivity (Wildman–Crippen MR) is 110 cm³/mol. The van der Waals surface area contributed by atoms with E-state index in [0.29, 0.717) is 25.9 Å². The van der Waals surface area contributed by atoms with E-state index in [4.69, 9.17) is 9.15 Å². The molecular formula is C22H24F5N3O3. The molecule has 1 amide bonds. The first-order chi connectivity index (χ1) is 15.7. The lowest BCUT2D eigenvalue weighted by Crippen LogP contribution is -2.21. The minimum Gasteiger partial charge on any atom is -0.484 e. The van der Waals surface area contributed by atoms with Crippen LogP contribution in [0.3, 0.4) is 0 Å². The standard InChI is InChI=1S/C22H24F5N3O3/c23-15-10-13(11-16(24)19(15)32-14-6-2-1-3-7-14)28-20(31)18-17(12-22(25,26)27)33-21(29-18)30-8-4-5-9-30/h10-11,14H,1-9,12H2,(H,28,31). The van der Waals surface area contributed by atoms with Crippen LogP contribution in [-0.2, 0) is 6.42 Å². The van der Waals surface area contributed by atoms with E-state index in [1.807, 2.05) is 0 Å². The van der Waals surface area contributed by atoms with Gasteiger partial charge in [0.15, 0.2) is 23.1 Å². The Bertz CT molecular complexity index is 973. The molecule has 0 spiro atoms. The summed E-state index contributed by atoms with van der Waals surface area (Å²) in [6.07, 6.45) is -0.478. The zero-order chi connectivity index (χ0) is 23.6. The highest BCUT2D eigenvalue weighted by Crippen LogP contribution is 2.32. The monoisotopic (exact) mass is 473 g/mol. The number of ether oxygens (including phenoxy) is 1. The van der Waals surface area contributed by atoms with Crippen LogP contribution < -0.4 is 15.0 Å². The summed E-state index contributed by atoms with van der Waals surface area (Å²) < 4.78 is 78.8. The Morgan fingerprint density at radius 2 is 1.73 bits per heavy atom. The molecule has 0 atom stereocenters. The van der Waals surface area contributed by atoms with E-state index < -0.39 is 47.3 Å². The maximum atomic E-state index is 14.5. The van der Waals surface area contributed by atoms with Crippen molar-refractivity contribution in [3.8, 4) is 5.75 Å². The summed E-state index contributed by atoms with van der Waals surface area (Å²) in [5, 5.41) is 2.22. The number of alkyl halides is 3. The van der Waals surface area contributed by atoms with Gasteiger partial charge in [-0.3, -0.25) is 4.79 Å². The maximum Gasteiger partial charge on any atom is 0.396 e. The van der Waals surface area contributed by atoms with Crippen molar-refractivity contribution in [1.29, 1.82) is 0 Å². The lowest BCUT2D eigenvalue weighted by molar-refractivity contribution is -0.130. The number of nitrogens with zero attached hydrogens (tertiary/aromatic N) is 2. The third kappa shape index (κ3) is 5.75. The van der Waals surface area contributed by atoms with Crippen LogP contribution in [0.4, 0.5) is 33.7 Å². The molecule has 6 nitrogen and oxygen atoms in total. The molecule has 1 aromatic heterocycles. The fraction of sp³-hybridized carbons (Fsp3) is 0.545. The van der Waals surface area contributed by atoms with Gasteiger partial charge in [0.1, 0.15) is 12.2 Å². The average molecular weight is 473 g/mol. The van der Waals surface area contributed by atoms with Crippen LogP contribution in [0.5, 0.6) is 5.75 Å². The lowest BCUT2D eigenvalue weighted by atomic mass is 9.98. The van der Waals surface area contributed by atoms with E-state index in [-0.39, 0.29) is 17.8 Å². The van der Waals surface area contributed by atoms with E-state index in [1.165, 1.54) is 0 Å². The molecule has 2 aliphatic rings. The second kappa shape index (κ2) is 9.56. The van der Waals surface area contributed by atoms with Crippen molar-refractivity contribution in [2.75, 3.05) is 23.3 Å². The van der Waals surface area contributed by atoms with E-state index >= 15 is 0 Å². The van der Waals surface area contributed by atoms with Gasteiger partial charge in [-0.05, 0) is 38.5 Å². The Balaban J connectivity index is 1.53. The fourth-order valence-electron chi connectivity index (χ4n) is 4.15. The Hall–Kier alpha value is -2.85. The highest BCUT2D eigenvalue weighted by atomic mass is 19.4. The minimum absolute atomic E-state index is 0.0782. The first-order valence-electron chi connectivity index (χ1n) is 11.0. The van der Waals surface area contributed by atoms with Crippen molar-refractivity contribution in [2.45, 2.75) is 63.6 Å². The minimum atomic E-state index is -4.63. The number of rotatable bonds is 6. The smallest absolute Gasteiger partial charge is 0.396 e. The third-order valence-electron chi connectivity index (χ3n) is 5.73. The SMILES string of the molecule is O=C(Nc1cc(F)c(OC2CCCCC2)c(F)c1)c1nc(N2CCCC2)oc1CC(F)(F)F. The van der Waals surface area contributed by atoms with Gasteiger partial charge in [-0.25, -0.2) is 8.78 Å². The molecule has 1 saturated heterocycles. The molecule has 1 N–H and O–H groups in total. The van der Waals surface area contributed by atoms with Crippen molar-refractivity contribution < 1.29 is 35.9 Å². The Kier molecular flexibility index (Phi) is 6.76. The predicted octanol–water partition coefficient (Wildman–Crippen LogP) is 5.62. The van der Waals surface area contributed by atoms with E-state index in [9.17, 15) is 26.7 Å². The third-order valence-corrected chi connectivity index (χ3v) is 5.73. The topological polar surface area (TPSA) is 67.6 Å². The number of hydrogen-bond donors (Lipinski definition) is 1. The first-order valence-corrected chi connectivity index (χ1v) is 11.0. The average Bonchev–Trinajstić information content (AvgIpc) is 3.40. The summed E-state index contributed by atoms with van der Waals surface area (Å²) in [7, 11) is 0. The molecule has 0 radical (unpaired) electrons. The Morgan fingerprint density at radius 3 is 2.33 bits per heavy atom. The number of anilines is 2. The highest BCUT2D eigenvalue weighted by molar-refractivity contribution is 6.03. The molecule has 0 unspecified atom stereocenters. The number of carbonyl (C=O) groups is 1. The number of oxazole rings is 1. The van der Waals surface area contributed by atoms with Crippen LogP contribution in [0, 0.1) is 11.6 Å². The number of halogens is 5. The molecule has 1 saturated carbocycles. The first kappa shape index (κ1) is 23.3. The summed E-state index contributed by atoms with van der Waals surface area (Å²) in [6.45, 7) is 1.10. The zero-order valence-electron chi connectivity index (χ0n) is 17.8. The van der Waals surface area contributed by atoms with Crippen LogP contribution in [-0.4, -0.2) is 36.3 Å². The van der Waals surface area contributed by atoms with E-state index in [1.54, 1.807) is 4.90 Å². The molecule has 11 heteroatoms. The second-order valence-electron chi connectivity index (χ2n) is 8.36.